The summed E-state index contributed by atoms with van der Waals surface area (Å²) >= 11 is 0. The van der Waals surface area contributed by atoms with Gasteiger partial charge < -0.3 is 30.3 Å². The van der Waals surface area contributed by atoms with E-state index in [0.717, 1.165) is 32.1 Å². The summed E-state index contributed by atoms with van der Waals surface area (Å²) in [7, 11) is 1.61. The van der Waals surface area contributed by atoms with Crippen LogP contribution in [0.1, 0.15) is 82.0 Å². The zero-order valence-electron chi connectivity index (χ0n) is 24.0. The van der Waals surface area contributed by atoms with Crippen LogP contribution in [0.5, 0.6) is 5.75 Å². The van der Waals surface area contributed by atoms with E-state index in [1.807, 2.05) is 13.8 Å². The predicted molar refractivity (Wildman–Crippen MR) is 150 cm³/mol. The number of hydrogen-bond acceptors (Lipinski definition) is 6. The molecule has 1 aromatic rings. The van der Waals surface area contributed by atoms with Crippen LogP contribution in [0, 0.1) is 5.92 Å². The summed E-state index contributed by atoms with van der Waals surface area (Å²) in [6.07, 6.45) is 5.61. The maximum absolute atomic E-state index is 13.7. The van der Waals surface area contributed by atoms with Crippen molar-refractivity contribution in [2.45, 2.75) is 95.3 Å². The van der Waals surface area contributed by atoms with Crippen LogP contribution in [0.25, 0.3) is 0 Å². The second-order valence-corrected chi connectivity index (χ2v) is 11.7. The van der Waals surface area contributed by atoms with E-state index in [1.165, 1.54) is 0 Å². The van der Waals surface area contributed by atoms with E-state index in [0.29, 0.717) is 37.3 Å². The lowest BCUT2D eigenvalue weighted by atomic mass is 9.80. The number of rotatable bonds is 4. The van der Waals surface area contributed by atoms with Crippen LogP contribution in [0.4, 0.5) is 0 Å². The summed E-state index contributed by atoms with van der Waals surface area (Å²) in [4.78, 5) is 56.0. The topological polar surface area (TPSA) is 126 Å². The first kappa shape index (κ1) is 29.8. The SMILES string of the molecule is COC[C@@H]1CCCN1C(=O)[C@@H]1CCC(=O)NC2(CCCCC2)C(=O)N[C@@H](C(C)C)COc2ccccc2C(=O)N1. The molecule has 4 rings (SSSR count). The maximum Gasteiger partial charge on any atom is 0.255 e. The number of carbonyl (C=O) groups is 4. The van der Waals surface area contributed by atoms with E-state index in [1.54, 1.807) is 36.3 Å². The van der Waals surface area contributed by atoms with Gasteiger partial charge in [-0.2, -0.15) is 0 Å². The minimum absolute atomic E-state index is 0.000255. The Morgan fingerprint density at radius 2 is 1.82 bits per heavy atom. The molecule has 220 valence electrons. The summed E-state index contributed by atoms with van der Waals surface area (Å²) in [5, 5.41) is 9.09. The molecule has 10 heteroatoms. The van der Waals surface area contributed by atoms with Crippen molar-refractivity contribution in [3.05, 3.63) is 29.8 Å². The molecule has 0 unspecified atom stereocenters. The van der Waals surface area contributed by atoms with Crippen molar-refractivity contribution < 1.29 is 28.7 Å². The minimum Gasteiger partial charge on any atom is -0.491 e. The molecule has 2 fully saturated rings. The third-order valence-electron chi connectivity index (χ3n) is 8.47. The van der Waals surface area contributed by atoms with Crippen molar-refractivity contribution in [1.29, 1.82) is 0 Å². The van der Waals surface area contributed by atoms with E-state index in [-0.39, 0.29) is 55.2 Å². The molecule has 3 aliphatic rings. The first-order valence-electron chi connectivity index (χ1n) is 14.7. The van der Waals surface area contributed by atoms with Crippen LogP contribution in [0.2, 0.25) is 0 Å². The zero-order valence-corrected chi connectivity index (χ0v) is 24.0. The number of carbonyl (C=O) groups excluding carboxylic acids is 4. The van der Waals surface area contributed by atoms with Gasteiger partial charge in [-0.25, -0.2) is 0 Å². The Balaban J connectivity index is 1.66. The molecule has 1 spiro atoms. The van der Waals surface area contributed by atoms with Crippen LogP contribution in [-0.4, -0.2) is 79.1 Å². The van der Waals surface area contributed by atoms with Crippen molar-refractivity contribution >= 4 is 23.6 Å². The average Bonchev–Trinajstić information content (AvgIpc) is 3.41. The average molecular weight is 557 g/mol. The second kappa shape index (κ2) is 13.5. The van der Waals surface area contributed by atoms with E-state index in [4.69, 9.17) is 9.47 Å². The number of nitrogens with one attached hydrogen (secondary N) is 3. The molecule has 1 aliphatic carbocycles. The minimum atomic E-state index is -0.998. The second-order valence-electron chi connectivity index (χ2n) is 11.7. The maximum atomic E-state index is 13.7. The predicted octanol–water partition coefficient (Wildman–Crippen LogP) is 2.55. The van der Waals surface area contributed by atoms with E-state index in [9.17, 15) is 19.2 Å². The zero-order chi connectivity index (χ0) is 28.7. The number of para-hydroxylation sites is 1. The molecule has 1 aromatic carbocycles. The van der Waals surface area contributed by atoms with E-state index >= 15 is 0 Å². The van der Waals surface area contributed by atoms with Crippen LogP contribution >= 0.6 is 0 Å². The highest BCUT2D eigenvalue weighted by Crippen LogP contribution is 2.30. The number of fused-ring (bicyclic) bond motifs is 1. The molecule has 4 amide bonds. The summed E-state index contributed by atoms with van der Waals surface area (Å²) in [6.45, 7) is 5.15. The van der Waals surface area contributed by atoms with E-state index < -0.39 is 17.5 Å². The van der Waals surface area contributed by atoms with Gasteiger partial charge in [-0.1, -0.05) is 45.2 Å². The fraction of sp³-hybridized carbons (Fsp3) is 0.667. The number of likely N-dealkylation sites (tertiary alicyclic amines) is 1. The van der Waals surface area contributed by atoms with Crippen molar-refractivity contribution in [3.63, 3.8) is 0 Å². The Morgan fingerprint density at radius 3 is 2.55 bits per heavy atom. The van der Waals surface area contributed by atoms with Gasteiger partial charge in [0.1, 0.15) is 23.9 Å². The standard InChI is InChI=1S/C30H44N4O6/c1-20(2)24-19-40-25-12-6-5-11-22(25)27(36)31-23(28(37)34-17-9-10-21(34)18-39-3)13-14-26(35)33-30(29(38)32-24)15-7-4-8-16-30/h5-6,11-12,20-21,23-24H,4,7-10,13-19H2,1-3H3,(H,31,36)(H,32,38)(H,33,35)/t21-,23-,24+/m0/s1. The summed E-state index contributed by atoms with van der Waals surface area (Å²) in [5.41, 5.74) is -0.700. The van der Waals surface area contributed by atoms with Crippen LogP contribution in [-0.2, 0) is 19.1 Å². The highest BCUT2D eigenvalue weighted by atomic mass is 16.5. The molecule has 10 nitrogen and oxygen atoms in total. The highest BCUT2D eigenvalue weighted by molar-refractivity contribution is 6.00. The van der Waals surface area contributed by atoms with Crippen molar-refractivity contribution in [2.24, 2.45) is 5.92 Å². The first-order valence-corrected chi connectivity index (χ1v) is 14.7. The molecule has 3 N–H and O–H groups in total. The van der Waals surface area contributed by atoms with Gasteiger partial charge in [0, 0.05) is 20.1 Å². The van der Waals surface area contributed by atoms with Gasteiger partial charge in [0.2, 0.25) is 17.7 Å². The van der Waals surface area contributed by atoms with Crippen LogP contribution in [0.3, 0.4) is 0 Å². The Bertz CT molecular complexity index is 1070. The molecule has 2 aliphatic heterocycles. The molecule has 40 heavy (non-hydrogen) atoms. The smallest absolute Gasteiger partial charge is 0.255 e. The summed E-state index contributed by atoms with van der Waals surface area (Å²) in [5.74, 6) is -0.742. The fourth-order valence-corrected chi connectivity index (χ4v) is 6.02. The third-order valence-corrected chi connectivity index (χ3v) is 8.47. The Hall–Kier alpha value is -3.14. The molecule has 1 saturated carbocycles. The molecule has 0 aromatic heterocycles. The van der Waals surface area contributed by atoms with Gasteiger partial charge >= 0.3 is 0 Å². The van der Waals surface area contributed by atoms with Crippen molar-refractivity contribution in [2.75, 3.05) is 26.9 Å². The fourth-order valence-electron chi connectivity index (χ4n) is 6.02. The number of nitrogens with zero attached hydrogens (tertiary/aromatic N) is 1. The van der Waals surface area contributed by atoms with Crippen LogP contribution < -0.4 is 20.7 Å². The number of hydrogen-bond donors (Lipinski definition) is 3. The van der Waals surface area contributed by atoms with Gasteiger partial charge in [0.25, 0.3) is 5.91 Å². The Kier molecular flexibility index (Phi) is 10.1. The molecule has 2 heterocycles. The normalized spacial score (nSPS) is 26.1. The van der Waals surface area contributed by atoms with Crippen molar-refractivity contribution in [3.8, 4) is 5.75 Å². The van der Waals surface area contributed by atoms with Gasteiger partial charge in [-0.3, -0.25) is 19.2 Å². The molecular formula is C30H44N4O6. The van der Waals surface area contributed by atoms with Crippen LogP contribution in [0.15, 0.2) is 24.3 Å². The van der Waals surface area contributed by atoms with Gasteiger partial charge in [-0.15, -0.1) is 0 Å². The summed E-state index contributed by atoms with van der Waals surface area (Å²) < 4.78 is 11.4. The summed E-state index contributed by atoms with van der Waals surface area (Å²) in [6, 6.07) is 5.58. The van der Waals surface area contributed by atoms with E-state index in [2.05, 4.69) is 16.0 Å². The van der Waals surface area contributed by atoms with Gasteiger partial charge in [-0.05, 0) is 50.2 Å². The third kappa shape index (κ3) is 6.95. The molecule has 3 atom stereocenters. The molecule has 0 radical (unpaired) electrons. The number of amides is 4. The number of benzene rings is 1. The number of methoxy groups -OCH3 is 1. The lowest BCUT2D eigenvalue weighted by Crippen LogP contribution is -2.62. The van der Waals surface area contributed by atoms with Crippen molar-refractivity contribution in [1.82, 2.24) is 20.9 Å². The first-order chi connectivity index (χ1) is 19.2. The van der Waals surface area contributed by atoms with Gasteiger partial charge in [0.05, 0.1) is 24.3 Å². The molecule has 1 saturated heterocycles. The lowest BCUT2D eigenvalue weighted by Gasteiger charge is -2.38. The largest absolute Gasteiger partial charge is 0.491 e. The monoisotopic (exact) mass is 556 g/mol. The van der Waals surface area contributed by atoms with Gasteiger partial charge in [0.15, 0.2) is 0 Å². The molecular weight excluding hydrogens is 512 g/mol. The highest BCUT2D eigenvalue weighted by Gasteiger charge is 2.42. The molecule has 0 bridgehead atoms. The Labute approximate surface area is 236 Å². The Morgan fingerprint density at radius 1 is 1.07 bits per heavy atom. The quantitative estimate of drug-likeness (QED) is 0.523. The number of ether oxygens (including phenoxy) is 2. The lowest BCUT2D eigenvalue weighted by molar-refractivity contribution is -0.137.